The summed E-state index contributed by atoms with van der Waals surface area (Å²) in [5.74, 6) is 0.452. The Balaban J connectivity index is 0.000000690. The highest BCUT2D eigenvalue weighted by Crippen LogP contribution is 2.18. The van der Waals surface area contributed by atoms with Crippen molar-refractivity contribution in [1.82, 2.24) is 4.90 Å². The lowest BCUT2D eigenvalue weighted by Gasteiger charge is -2.04. The van der Waals surface area contributed by atoms with Gasteiger partial charge >= 0.3 is 0 Å². The number of para-hydroxylation sites is 1. The topological polar surface area (TPSA) is 40.5 Å². The van der Waals surface area contributed by atoms with Crippen molar-refractivity contribution in [1.29, 1.82) is 0 Å². The zero-order valence-electron chi connectivity index (χ0n) is 13.8. The molecule has 0 aliphatic carbocycles. The molecule has 0 radical (unpaired) electrons. The van der Waals surface area contributed by atoms with Crippen molar-refractivity contribution < 1.29 is 9.90 Å². The molecular formula is C18H31NO2. The number of nitrogens with zero attached hydrogens (tertiary/aromatic N) is 1. The van der Waals surface area contributed by atoms with Gasteiger partial charge in [0.1, 0.15) is 5.75 Å². The highest BCUT2D eigenvalue weighted by atomic mass is 16.3. The third-order valence-corrected chi connectivity index (χ3v) is 3.25. The Kier molecular flexibility index (Phi) is 12.5. The molecule has 1 N–H and O–H groups in total. The van der Waals surface area contributed by atoms with Crippen LogP contribution >= 0.6 is 0 Å². The van der Waals surface area contributed by atoms with Gasteiger partial charge in [0.25, 0.3) is 0 Å². The largest absolute Gasteiger partial charge is 0.508 e. The monoisotopic (exact) mass is 293 g/mol. The minimum Gasteiger partial charge on any atom is -0.508 e. The summed E-state index contributed by atoms with van der Waals surface area (Å²) in [6, 6.07) is 7.67. The quantitative estimate of drug-likeness (QED) is 0.542. The lowest BCUT2D eigenvalue weighted by molar-refractivity contribution is -0.115. The van der Waals surface area contributed by atoms with Crippen LogP contribution in [-0.4, -0.2) is 30.5 Å². The second kappa shape index (κ2) is 13.5. The lowest BCUT2D eigenvalue weighted by atomic mass is 10.0. The zero-order valence-corrected chi connectivity index (χ0v) is 13.8. The number of hydrogen-bond donors (Lipinski definition) is 1. The standard InChI is InChI=1S/C15H24O.C3H7NO/c1-2-3-4-5-6-7-8-11-14-12-9-10-13-15(14)16;1-4(2)3-5/h9-10,12-13,16H,2-8,11H2,1H3;3H,1-2H3. The first-order valence-electron chi connectivity index (χ1n) is 8.00. The third-order valence-electron chi connectivity index (χ3n) is 3.25. The molecule has 0 aliphatic heterocycles. The molecule has 3 heteroatoms. The van der Waals surface area contributed by atoms with Gasteiger partial charge in [0.05, 0.1) is 0 Å². The third kappa shape index (κ3) is 12.0. The Bertz CT molecular complexity index is 364. The maximum absolute atomic E-state index is 9.58. The van der Waals surface area contributed by atoms with Crippen LogP contribution in [0.3, 0.4) is 0 Å². The fourth-order valence-electron chi connectivity index (χ4n) is 1.99. The first kappa shape index (κ1) is 19.5. The van der Waals surface area contributed by atoms with E-state index in [4.69, 9.17) is 0 Å². The highest BCUT2D eigenvalue weighted by Gasteiger charge is 1.98. The number of unbranched alkanes of at least 4 members (excludes halogenated alkanes) is 6. The van der Waals surface area contributed by atoms with Crippen molar-refractivity contribution in [2.75, 3.05) is 14.1 Å². The van der Waals surface area contributed by atoms with Gasteiger partial charge < -0.3 is 10.0 Å². The Morgan fingerprint density at radius 2 is 1.52 bits per heavy atom. The van der Waals surface area contributed by atoms with Crippen LogP contribution in [-0.2, 0) is 11.2 Å². The molecule has 0 unspecified atom stereocenters. The molecule has 0 aromatic heterocycles. The fraction of sp³-hybridized carbons (Fsp3) is 0.611. The molecule has 1 rings (SSSR count). The van der Waals surface area contributed by atoms with E-state index >= 15 is 0 Å². The minimum absolute atomic E-state index is 0.452. The first-order valence-corrected chi connectivity index (χ1v) is 8.00. The summed E-state index contributed by atoms with van der Waals surface area (Å²) in [7, 11) is 3.38. The van der Waals surface area contributed by atoms with Crippen molar-refractivity contribution in [3.05, 3.63) is 29.8 Å². The van der Waals surface area contributed by atoms with E-state index in [-0.39, 0.29) is 0 Å². The van der Waals surface area contributed by atoms with Gasteiger partial charge in [0, 0.05) is 14.1 Å². The molecular weight excluding hydrogens is 262 g/mol. The van der Waals surface area contributed by atoms with E-state index in [0.717, 1.165) is 18.4 Å². The molecule has 0 atom stereocenters. The molecule has 0 bridgehead atoms. The van der Waals surface area contributed by atoms with Gasteiger partial charge in [0.15, 0.2) is 0 Å². The predicted molar refractivity (Wildman–Crippen MR) is 89.6 cm³/mol. The molecule has 0 fully saturated rings. The molecule has 1 amide bonds. The van der Waals surface area contributed by atoms with Crippen LogP contribution in [0, 0.1) is 0 Å². The first-order chi connectivity index (χ1) is 10.1. The normalized spacial score (nSPS) is 9.67. The Morgan fingerprint density at radius 1 is 1.00 bits per heavy atom. The number of phenols is 1. The van der Waals surface area contributed by atoms with Crippen LogP contribution in [0.15, 0.2) is 24.3 Å². The van der Waals surface area contributed by atoms with Crippen molar-refractivity contribution in [2.24, 2.45) is 0 Å². The van der Waals surface area contributed by atoms with E-state index in [1.807, 2.05) is 18.2 Å². The number of aryl methyl sites for hydroxylation is 1. The fourth-order valence-corrected chi connectivity index (χ4v) is 1.99. The van der Waals surface area contributed by atoms with E-state index in [9.17, 15) is 9.90 Å². The van der Waals surface area contributed by atoms with Crippen molar-refractivity contribution >= 4 is 6.41 Å². The molecule has 120 valence electrons. The number of benzene rings is 1. The molecule has 0 aliphatic rings. The molecule has 1 aromatic rings. The van der Waals surface area contributed by atoms with Crippen molar-refractivity contribution in [3.8, 4) is 5.75 Å². The van der Waals surface area contributed by atoms with Crippen LogP contribution in [0.4, 0.5) is 0 Å². The predicted octanol–water partition coefficient (Wildman–Crippen LogP) is 4.39. The van der Waals surface area contributed by atoms with Crippen LogP contribution in [0.5, 0.6) is 5.75 Å². The molecule has 0 saturated heterocycles. The second-order valence-corrected chi connectivity index (χ2v) is 5.57. The summed E-state index contributed by atoms with van der Waals surface area (Å²) in [4.78, 5) is 10.9. The van der Waals surface area contributed by atoms with E-state index in [2.05, 4.69) is 6.92 Å². The number of phenolic OH excluding ortho intramolecular Hbond substituents is 1. The molecule has 0 spiro atoms. The van der Waals surface area contributed by atoms with Gasteiger partial charge in [-0.25, -0.2) is 0 Å². The lowest BCUT2D eigenvalue weighted by Crippen LogP contribution is -2.06. The molecule has 0 saturated carbocycles. The summed E-state index contributed by atoms with van der Waals surface area (Å²) in [6.07, 6.45) is 11.0. The average Bonchev–Trinajstić information content (AvgIpc) is 2.48. The molecule has 21 heavy (non-hydrogen) atoms. The zero-order chi connectivity index (χ0) is 15.9. The van der Waals surface area contributed by atoms with Gasteiger partial charge in [-0.1, -0.05) is 63.6 Å². The summed E-state index contributed by atoms with van der Waals surface area (Å²) >= 11 is 0. The number of carbonyl (C=O) groups excluding carboxylic acids is 1. The average molecular weight is 293 g/mol. The Hall–Kier alpha value is -1.51. The summed E-state index contributed by atoms with van der Waals surface area (Å²) < 4.78 is 0. The molecule has 1 aromatic carbocycles. The molecule has 3 nitrogen and oxygen atoms in total. The number of hydrogen-bond acceptors (Lipinski definition) is 2. The van der Waals surface area contributed by atoms with Crippen LogP contribution in [0.2, 0.25) is 0 Å². The number of aromatic hydroxyl groups is 1. The van der Waals surface area contributed by atoms with Gasteiger partial charge in [-0.3, -0.25) is 4.79 Å². The van der Waals surface area contributed by atoms with E-state index in [1.165, 1.54) is 49.8 Å². The van der Waals surface area contributed by atoms with Crippen molar-refractivity contribution in [2.45, 2.75) is 58.3 Å². The maximum Gasteiger partial charge on any atom is 0.209 e. The van der Waals surface area contributed by atoms with Crippen LogP contribution < -0.4 is 0 Å². The van der Waals surface area contributed by atoms with Crippen LogP contribution in [0.1, 0.15) is 57.4 Å². The maximum atomic E-state index is 9.58. The summed E-state index contributed by atoms with van der Waals surface area (Å²) in [6.45, 7) is 2.25. The Morgan fingerprint density at radius 3 is 2.05 bits per heavy atom. The smallest absolute Gasteiger partial charge is 0.209 e. The van der Waals surface area contributed by atoms with Crippen LogP contribution in [0.25, 0.3) is 0 Å². The SMILES string of the molecule is CCCCCCCCCc1ccccc1O.CN(C)C=O. The Labute approximate surface area is 130 Å². The van der Waals surface area contributed by atoms with Gasteiger partial charge in [-0.2, -0.15) is 0 Å². The second-order valence-electron chi connectivity index (χ2n) is 5.57. The van der Waals surface area contributed by atoms with Gasteiger partial charge in [0.2, 0.25) is 6.41 Å². The van der Waals surface area contributed by atoms with Gasteiger partial charge in [-0.15, -0.1) is 0 Å². The van der Waals surface area contributed by atoms with E-state index in [1.54, 1.807) is 20.2 Å². The molecule has 0 heterocycles. The minimum atomic E-state index is 0.452. The number of amides is 1. The van der Waals surface area contributed by atoms with Gasteiger partial charge in [-0.05, 0) is 24.5 Å². The number of rotatable bonds is 9. The van der Waals surface area contributed by atoms with Crippen molar-refractivity contribution in [3.63, 3.8) is 0 Å². The summed E-state index contributed by atoms with van der Waals surface area (Å²) in [5.41, 5.74) is 1.09. The van der Waals surface area contributed by atoms with E-state index < -0.39 is 0 Å². The number of carbonyl (C=O) groups is 1. The highest BCUT2D eigenvalue weighted by molar-refractivity contribution is 5.45. The van der Waals surface area contributed by atoms with E-state index in [0.29, 0.717) is 5.75 Å². The summed E-state index contributed by atoms with van der Waals surface area (Å²) in [5, 5.41) is 9.58.